The third kappa shape index (κ3) is 3.25. The molecule has 0 aliphatic rings. The summed E-state index contributed by atoms with van der Waals surface area (Å²) in [6.45, 7) is 0.593. The summed E-state index contributed by atoms with van der Waals surface area (Å²) in [4.78, 5) is 8.23. The SMILES string of the molecule is COc1cncc(NCc2ccc(OC)c(N)c2)n1. The largest absolute Gasteiger partial charge is 0.495 e. The lowest BCUT2D eigenvalue weighted by Gasteiger charge is -2.09. The predicted octanol–water partition coefficient (Wildman–Crippen LogP) is 1.69. The third-order valence-electron chi connectivity index (χ3n) is 2.59. The minimum absolute atomic E-state index is 0.472. The van der Waals surface area contributed by atoms with Gasteiger partial charge in [0.1, 0.15) is 11.6 Å². The van der Waals surface area contributed by atoms with Crippen molar-refractivity contribution in [3.63, 3.8) is 0 Å². The smallest absolute Gasteiger partial charge is 0.233 e. The maximum Gasteiger partial charge on any atom is 0.233 e. The molecule has 0 aliphatic heterocycles. The van der Waals surface area contributed by atoms with Gasteiger partial charge in [0.25, 0.3) is 0 Å². The number of nitrogens with two attached hydrogens (primary N) is 1. The van der Waals surface area contributed by atoms with Gasteiger partial charge in [-0.05, 0) is 17.7 Å². The molecule has 0 fully saturated rings. The summed E-state index contributed by atoms with van der Waals surface area (Å²) in [7, 11) is 3.15. The van der Waals surface area contributed by atoms with Crippen LogP contribution in [0.2, 0.25) is 0 Å². The number of rotatable bonds is 5. The fraction of sp³-hybridized carbons (Fsp3) is 0.231. The first-order valence-corrected chi connectivity index (χ1v) is 5.75. The number of nitrogens with zero attached hydrogens (tertiary/aromatic N) is 2. The van der Waals surface area contributed by atoms with Crippen molar-refractivity contribution in [3.05, 3.63) is 36.2 Å². The number of hydrogen-bond donors (Lipinski definition) is 2. The molecule has 1 heterocycles. The van der Waals surface area contributed by atoms with Crippen molar-refractivity contribution in [3.8, 4) is 11.6 Å². The summed E-state index contributed by atoms with van der Waals surface area (Å²) in [5.41, 5.74) is 7.49. The number of ether oxygens (including phenoxy) is 2. The van der Waals surface area contributed by atoms with E-state index in [0.717, 1.165) is 5.56 Å². The van der Waals surface area contributed by atoms with E-state index in [1.54, 1.807) is 26.6 Å². The lowest BCUT2D eigenvalue weighted by molar-refractivity contribution is 0.396. The van der Waals surface area contributed by atoms with Crippen molar-refractivity contribution in [1.29, 1.82) is 0 Å². The van der Waals surface area contributed by atoms with E-state index in [0.29, 0.717) is 29.7 Å². The number of nitrogen functional groups attached to an aromatic ring is 1. The average molecular weight is 260 g/mol. The molecule has 0 amide bonds. The number of hydrogen-bond acceptors (Lipinski definition) is 6. The zero-order valence-corrected chi connectivity index (χ0v) is 10.9. The topological polar surface area (TPSA) is 82.3 Å². The minimum atomic E-state index is 0.472. The van der Waals surface area contributed by atoms with Crippen LogP contribution in [-0.4, -0.2) is 24.2 Å². The molecule has 0 saturated heterocycles. The number of aromatic nitrogens is 2. The van der Waals surface area contributed by atoms with Gasteiger partial charge in [0, 0.05) is 6.54 Å². The van der Waals surface area contributed by atoms with Crippen molar-refractivity contribution in [2.45, 2.75) is 6.54 Å². The molecule has 100 valence electrons. The van der Waals surface area contributed by atoms with Crippen molar-refractivity contribution in [2.24, 2.45) is 0 Å². The number of anilines is 2. The highest BCUT2D eigenvalue weighted by Crippen LogP contribution is 2.22. The Balaban J connectivity index is 2.03. The standard InChI is InChI=1S/C13H16N4O2/c1-18-11-4-3-9(5-10(11)14)6-16-12-7-15-8-13(17-12)19-2/h3-5,7-8H,6,14H2,1-2H3,(H,16,17). The van der Waals surface area contributed by atoms with E-state index in [-0.39, 0.29) is 0 Å². The number of methoxy groups -OCH3 is 2. The molecule has 6 nitrogen and oxygen atoms in total. The van der Waals surface area contributed by atoms with E-state index in [4.69, 9.17) is 15.2 Å². The van der Waals surface area contributed by atoms with Gasteiger partial charge in [0.05, 0.1) is 32.3 Å². The summed E-state index contributed by atoms with van der Waals surface area (Å²) in [5.74, 6) is 1.79. The Bertz CT molecular complexity index is 560. The molecule has 1 aromatic heterocycles. The zero-order valence-electron chi connectivity index (χ0n) is 10.9. The van der Waals surface area contributed by atoms with Crippen LogP contribution in [0.25, 0.3) is 0 Å². The van der Waals surface area contributed by atoms with Crippen molar-refractivity contribution in [2.75, 3.05) is 25.3 Å². The average Bonchev–Trinajstić information content (AvgIpc) is 2.45. The highest BCUT2D eigenvalue weighted by atomic mass is 16.5. The van der Waals surface area contributed by atoms with Crippen LogP contribution in [0.5, 0.6) is 11.6 Å². The van der Waals surface area contributed by atoms with Gasteiger partial charge in [0.15, 0.2) is 0 Å². The molecule has 0 atom stereocenters. The molecule has 2 rings (SSSR count). The van der Waals surface area contributed by atoms with E-state index in [9.17, 15) is 0 Å². The first-order valence-electron chi connectivity index (χ1n) is 5.75. The summed E-state index contributed by atoms with van der Waals surface area (Å²) in [6.07, 6.45) is 3.19. The molecule has 0 unspecified atom stereocenters. The first kappa shape index (κ1) is 12.9. The third-order valence-corrected chi connectivity index (χ3v) is 2.59. The normalized spacial score (nSPS) is 10.0. The molecule has 0 bridgehead atoms. The van der Waals surface area contributed by atoms with Gasteiger partial charge in [-0.3, -0.25) is 4.98 Å². The Morgan fingerprint density at radius 1 is 1.21 bits per heavy atom. The predicted molar refractivity (Wildman–Crippen MR) is 73.3 cm³/mol. The molecule has 0 saturated carbocycles. The fourth-order valence-corrected chi connectivity index (χ4v) is 1.62. The summed E-state index contributed by atoms with van der Waals surface area (Å²) >= 11 is 0. The van der Waals surface area contributed by atoms with E-state index in [2.05, 4.69) is 15.3 Å². The Labute approximate surface area is 111 Å². The van der Waals surface area contributed by atoms with Crippen LogP contribution in [0.4, 0.5) is 11.5 Å². The van der Waals surface area contributed by atoms with Crippen LogP contribution >= 0.6 is 0 Å². The lowest BCUT2D eigenvalue weighted by atomic mass is 10.2. The fourth-order valence-electron chi connectivity index (χ4n) is 1.62. The maximum atomic E-state index is 5.85. The molecule has 1 aromatic carbocycles. The monoisotopic (exact) mass is 260 g/mol. The first-order chi connectivity index (χ1) is 9.22. The van der Waals surface area contributed by atoms with Crippen molar-refractivity contribution >= 4 is 11.5 Å². The number of benzene rings is 1. The van der Waals surface area contributed by atoms with Gasteiger partial charge in [-0.1, -0.05) is 6.07 Å². The summed E-state index contributed by atoms with van der Waals surface area (Å²) < 4.78 is 10.1. The molecule has 0 aliphatic carbocycles. The van der Waals surface area contributed by atoms with Crippen molar-refractivity contribution in [1.82, 2.24) is 9.97 Å². The molecule has 19 heavy (non-hydrogen) atoms. The maximum absolute atomic E-state index is 5.85. The van der Waals surface area contributed by atoms with Crippen molar-refractivity contribution < 1.29 is 9.47 Å². The highest BCUT2D eigenvalue weighted by molar-refractivity contribution is 5.54. The van der Waals surface area contributed by atoms with Gasteiger partial charge in [-0.15, -0.1) is 0 Å². The van der Waals surface area contributed by atoms with E-state index in [1.165, 1.54) is 0 Å². The minimum Gasteiger partial charge on any atom is -0.495 e. The quantitative estimate of drug-likeness (QED) is 0.796. The molecule has 6 heteroatoms. The summed E-state index contributed by atoms with van der Waals surface area (Å²) in [6, 6.07) is 5.64. The summed E-state index contributed by atoms with van der Waals surface area (Å²) in [5, 5.41) is 3.15. The zero-order chi connectivity index (χ0) is 13.7. The van der Waals surface area contributed by atoms with E-state index < -0.39 is 0 Å². The van der Waals surface area contributed by atoms with Gasteiger partial charge in [-0.25, -0.2) is 0 Å². The van der Waals surface area contributed by atoms with Gasteiger partial charge >= 0.3 is 0 Å². The van der Waals surface area contributed by atoms with Gasteiger partial charge in [-0.2, -0.15) is 4.98 Å². The Kier molecular flexibility index (Phi) is 4.02. The Morgan fingerprint density at radius 2 is 2.05 bits per heavy atom. The Morgan fingerprint density at radius 3 is 2.74 bits per heavy atom. The molecular weight excluding hydrogens is 244 g/mol. The van der Waals surface area contributed by atoms with Gasteiger partial charge < -0.3 is 20.5 Å². The van der Waals surface area contributed by atoms with E-state index >= 15 is 0 Å². The Hall–Kier alpha value is -2.50. The van der Waals surface area contributed by atoms with Crippen LogP contribution in [0.3, 0.4) is 0 Å². The number of nitrogens with one attached hydrogen (secondary N) is 1. The van der Waals surface area contributed by atoms with Crippen LogP contribution in [0.1, 0.15) is 5.56 Å². The molecule has 0 radical (unpaired) electrons. The molecule has 2 aromatic rings. The van der Waals surface area contributed by atoms with Crippen LogP contribution < -0.4 is 20.5 Å². The lowest BCUT2D eigenvalue weighted by Crippen LogP contribution is -2.03. The second-order valence-corrected chi connectivity index (χ2v) is 3.88. The van der Waals surface area contributed by atoms with Crippen LogP contribution in [-0.2, 0) is 6.54 Å². The molecule has 0 spiro atoms. The second kappa shape index (κ2) is 5.90. The molecule has 3 N–H and O–H groups in total. The van der Waals surface area contributed by atoms with Gasteiger partial charge in [0.2, 0.25) is 5.88 Å². The molecular formula is C13H16N4O2. The second-order valence-electron chi connectivity index (χ2n) is 3.88. The highest BCUT2D eigenvalue weighted by Gasteiger charge is 2.02. The van der Waals surface area contributed by atoms with Crippen LogP contribution in [0, 0.1) is 0 Å². The van der Waals surface area contributed by atoms with E-state index in [1.807, 2.05) is 18.2 Å². The van der Waals surface area contributed by atoms with Crippen LogP contribution in [0.15, 0.2) is 30.6 Å².